The van der Waals surface area contributed by atoms with Crippen LogP contribution in [-0.2, 0) is 6.54 Å². The number of para-hydroxylation sites is 1. The van der Waals surface area contributed by atoms with Gasteiger partial charge in [0.1, 0.15) is 0 Å². The molecule has 0 fully saturated rings. The average Bonchev–Trinajstić information content (AvgIpc) is 2.53. The highest BCUT2D eigenvalue weighted by atomic mass is 16.6. The first kappa shape index (κ1) is 13.1. The SMILES string of the molecule is O=[N+]([O-])c1ccc(NCc2cccc3cccnc23)cc1. The van der Waals surface area contributed by atoms with Crippen molar-refractivity contribution >= 4 is 22.3 Å². The van der Waals surface area contributed by atoms with Gasteiger partial charge in [-0.15, -0.1) is 0 Å². The summed E-state index contributed by atoms with van der Waals surface area (Å²) in [6, 6.07) is 16.4. The zero-order chi connectivity index (χ0) is 14.7. The zero-order valence-corrected chi connectivity index (χ0v) is 11.2. The maximum absolute atomic E-state index is 10.6. The van der Waals surface area contributed by atoms with E-state index in [1.807, 2.05) is 30.3 Å². The fraction of sp³-hybridized carbons (Fsp3) is 0.0625. The largest absolute Gasteiger partial charge is 0.381 e. The molecule has 0 bridgehead atoms. The molecule has 21 heavy (non-hydrogen) atoms. The minimum Gasteiger partial charge on any atom is -0.381 e. The van der Waals surface area contributed by atoms with E-state index in [0.29, 0.717) is 6.54 Å². The lowest BCUT2D eigenvalue weighted by Gasteiger charge is -2.08. The quantitative estimate of drug-likeness (QED) is 0.583. The maximum Gasteiger partial charge on any atom is 0.269 e. The van der Waals surface area contributed by atoms with Crippen molar-refractivity contribution in [3.8, 4) is 0 Å². The van der Waals surface area contributed by atoms with E-state index in [9.17, 15) is 10.1 Å². The highest BCUT2D eigenvalue weighted by Crippen LogP contribution is 2.19. The third-order valence-electron chi connectivity index (χ3n) is 3.28. The Bertz CT molecular complexity index is 780. The van der Waals surface area contributed by atoms with Gasteiger partial charge in [0.25, 0.3) is 5.69 Å². The fourth-order valence-corrected chi connectivity index (χ4v) is 2.21. The fourth-order valence-electron chi connectivity index (χ4n) is 2.21. The van der Waals surface area contributed by atoms with Gasteiger partial charge in [0.2, 0.25) is 0 Å². The Hall–Kier alpha value is -2.95. The Balaban J connectivity index is 1.79. The van der Waals surface area contributed by atoms with Crippen LogP contribution in [0.25, 0.3) is 10.9 Å². The van der Waals surface area contributed by atoms with Gasteiger partial charge in [0.05, 0.1) is 10.4 Å². The predicted octanol–water partition coefficient (Wildman–Crippen LogP) is 3.76. The molecule has 5 heteroatoms. The average molecular weight is 279 g/mol. The molecule has 0 aliphatic carbocycles. The van der Waals surface area contributed by atoms with Gasteiger partial charge in [0, 0.05) is 35.9 Å². The molecule has 0 unspecified atom stereocenters. The number of hydrogen-bond donors (Lipinski definition) is 1. The number of non-ortho nitro benzene ring substituents is 1. The number of hydrogen-bond acceptors (Lipinski definition) is 4. The maximum atomic E-state index is 10.6. The molecule has 1 aromatic heterocycles. The molecule has 0 saturated heterocycles. The summed E-state index contributed by atoms with van der Waals surface area (Å²) >= 11 is 0. The standard InChI is InChI=1S/C16H13N3O2/c20-19(21)15-8-6-14(7-9-15)18-11-13-4-1-3-12-5-2-10-17-16(12)13/h1-10,18H,11H2. The second-order valence-corrected chi connectivity index (χ2v) is 4.65. The van der Waals surface area contributed by atoms with Crippen molar-refractivity contribution < 1.29 is 4.92 Å². The van der Waals surface area contributed by atoms with Crippen LogP contribution in [-0.4, -0.2) is 9.91 Å². The molecule has 1 heterocycles. The van der Waals surface area contributed by atoms with Crippen molar-refractivity contribution in [2.24, 2.45) is 0 Å². The number of nitro benzene ring substituents is 1. The normalized spacial score (nSPS) is 10.5. The van der Waals surface area contributed by atoms with Gasteiger partial charge in [-0.1, -0.05) is 24.3 Å². The smallest absolute Gasteiger partial charge is 0.269 e. The number of benzene rings is 2. The van der Waals surface area contributed by atoms with E-state index < -0.39 is 4.92 Å². The van der Waals surface area contributed by atoms with Crippen LogP contribution in [0.4, 0.5) is 11.4 Å². The summed E-state index contributed by atoms with van der Waals surface area (Å²) in [4.78, 5) is 14.6. The summed E-state index contributed by atoms with van der Waals surface area (Å²) < 4.78 is 0. The van der Waals surface area contributed by atoms with Crippen molar-refractivity contribution in [1.29, 1.82) is 0 Å². The third kappa shape index (κ3) is 2.81. The minimum absolute atomic E-state index is 0.0902. The molecule has 3 aromatic rings. The molecular formula is C16H13N3O2. The van der Waals surface area contributed by atoms with Crippen molar-refractivity contribution in [3.63, 3.8) is 0 Å². The Morgan fingerprint density at radius 1 is 1.05 bits per heavy atom. The molecule has 1 N–H and O–H groups in total. The van der Waals surface area contributed by atoms with Gasteiger partial charge in [-0.25, -0.2) is 0 Å². The zero-order valence-electron chi connectivity index (χ0n) is 11.2. The Morgan fingerprint density at radius 2 is 1.81 bits per heavy atom. The van der Waals surface area contributed by atoms with Crippen LogP contribution in [0.2, 0.25) is 0 Å². The van der Waals surface area contributed by atoms with Crippen molar-refractivity contribution in [2.45, 2.75) is 6.54 Å². The van der Waals surface area contributed by atoms with E-state index in [-0.39, 0.29) is 5.69 Å². The summed E-state index contributed by atoms with van der Waals surface area (Å²) in [7, 11) is 0. The summed E-state index contributed by atoms with van der Waals surface area (Å²) in [5, 5.41) is 15.0. The molecule has 0 spiro atoms. The first-order valence-electron chi connectivity index (χ1n) is 6.55. The number of nitrogens with zero attached hydrogens (tertiary/aromatic N) is 2. The number of aromatic nitrogens is 1. The van der Waals surface area contributed by atoms with Crippen LogP contribution >= 0.6 is 0 Å². The highest BCUT2D eigenvalue weighted by Gasteiger charge is 2.05. The number of anilines is 1. The Labute approximate surface area is 121 Å². The molecule has 2 aromatic carbocycles. The van der Waals surface area contributed by atoms with Crippen molar-refractivity contribution in [3.05, 3.63) is 76.5 Å². The molecule has 0 radical (unpaired) electrons. The molecule has 3 rings (SSSR count). The van der Waals surface area contributed by atoms with Crippen LogP contribution in [0.3, 0.4) is 0 Å². The number of pyridine rings is 1. The van der Waals surface area contributed by atoms with Crippen LogP contribution in [0, 0.1) is 10.1 Å². The first-order valence-corrected chi connectivity index (χ1v) is 6.55. The Morgan fingerprint density at radius 3 is 2.57 bits per heavy atom. The van der Waals surface area contributed by atoms with Crippen LogP contribution in [0.5, 0.6) is 0 Å². The molecule has 0 aliphatic rings. The van der Waals surface area contributed by atoms with E-state index in [1.165, 1.54) is 12.1 Å². The van der Waals surface area contributed by atoms with E-state index in [0.717, 1.165) is 22.2 Å². The second-order valence-electron chi connectivity index (χ2n) is 4.65. The molecule has 5 nitrogen and oxygen atoms in total. The van der Waals surface area contributed by atoms with Crippen LogP contribution < -0.4 is 5.32 Å². The summed E-state index contributed by atoms with van der Waals surface area (Å²) in [5.41, 5.74) is 2.99. The van der Waals surface area contributed by atoms with E-state index >= 15 is 0 Å². The first-order chi connectivity index (χ1) is 10.2. The minimum atomic E-state index is -0.404. The number of fused-ring (bicyclic) bond motifs is 1. The summed E-state index contributed by atoms with van der Waals surface area (Å²) in [6.45, 7) is 0.617. The van der Waals surface area contributed by atoms with E-state index in [2.05, 4.69) is 10.3 Å². The Kier molecular flexibility index (Phi) is 3.47. The highest BCUT2D eigenvalue weighted by molar-refractivity contribution is 5.81. The van der Waals surface area contributed by atoms with E-state index in [4.69, 9.17) is 0 Å². The molecule has 0 saturated carbocycles. The topological polar surface area (TPSA) is 68.1 Å². The van der Waals surface area contributed by atoms with Gasteiger partial charge in [-0.05, 0) is 23.8 Å². The van der Waals surface area contributed by atoms with E-state index in [1.54, 1.807) is 18.3 Å². The van der Waals surface area contributed by atoms with Gasteiger partial charge in [0.15, 0.2) is 0 Å². The molecule has 0 atom stereocenters. The molecule has 0 aliphatic heterocycles. The van der Waals surface area contributed by atoms with Gasteiger partial charge < -0.3 is 5.32 Å². The lowest BCUT2D eigenvalue weighted by Crippen LogP contribution is -2.01. The number of nitro groups is 1. The predicted molar refractivity (Wildman–Crippen MR) is 82.2 cm³/mol. The second kappa shape index (κ2) is 5.58. The van der Waals surface area contributed by atoms with Crippen LogP contribution in [0.15, 0.2) is 60.8 Å². The van der Waals surface area contributed by atoms with Gasteiger partial charge >= 0.3 is 0 Å². The monoisotopic (exact) mass is 279 g/mol. The molecular weight excluding hydrogens is 266 g/mol. The third-order valence-corrected chi connectivity index (χ3v) is 3.28. The number of nitrogens with one attached hydrogen (secondary N) is 1. The summed E-state index contributed by atoms with van der Waals surface area (Å²) in [5.74, 6) is 0. The summed E-state index contributed by atoms with van der Waals surface area (Å²) in [6.07, 6.45) is 1.78. The lowest BCUT2D eigenvalue weighted by molar-refractivity contribution is -0.384. The van der Waals surface area contributed by atoms with Crippen LogP contribution in [0.1, 0.15) is 5.56 Å². The lowest BCUT2D eigenvalue weighted by atomic mass is 10.1. The number of rotatable bonds is 4. The van der Waals surface area contributed by atoms with Crippen molar-refractivity contribution in [1.82, 2.24) is 4.98 Å². The van der Waals surface area contributed by atoms with Crippen molar-refractivity contribution in [2.75, 3.05) is 5.32 Å². The van der Waals surface area contributed by atoms with Gasteiger partial charge in [-0.3, -0.25) is 15.1 Å². The molecule has 104 valence electrons. The van der Waals surface area contributed by atoms with Gasteiger partial charge in [-0.2, -0.15) is 0 Å². The molecule has 0 amide bonds.